The predicted molar refractivity (Wildman–Crippen MR) is 244 cm³/mol. The van der Waals surface area contributed by atoms with Crippen molar-refractivity contribution in [2.24, 2.45) is 0 Å². The average Bonchev–Trinajstić information content (AvgIpc) is 3.25. The number of nitrogens with zero attached hydrogens (tertiary/aromatic N) is 2. The summed E-state index contributed by atoms with van der Waals surface area (Å²) in [5.41, 5.74) is 0.311. The summed E-state index contributed by atoms with van der Waals surface area (Å²) in [6.07, 6.45) is 3.49. The molecule has 0 aliphatic rings. The van der Waals surface area contributed by atoms with Gasteiger partial charge in [0.15, 0.2) is 0 Å². The lowest BCUT2D eigenvalue weighted by atomic mass is 10.0. The lowest BCUT2D eigenvalue weighted by Crippen LogP contribution is -2.52. The highest BCUT2D eigenvalue weighted by Crippen LogP contribution is 2.21. The maximum atomic E-state index is 13.2. The van der Waals surface area contributed by atoms with Crippen molar-refractivity contribution >= 4 is 23.8 Å². The Morgan fingerprint density at radius 1 is 0.652 bits per heavy atom. The Hall–Kier alpha value is -6.54. The van der Waals surface area contributed by atoms with Crippen LogP contribution >= 0.6 is 0 Å². The van der Waals surface area contributed by atoms with Gasteiger partial charge < -0.3 is 49.9 Å². The van der Waals surface area contributed by atoms with Gasteiger partial charge in [-0.3, -0.25) is 9.59 Å². The molecule has 2 amide bonds. The number of hydrogen-bond donors (Lipinski definition) is 4. The van der Waals surface area contributed by atoms with Crippen LogP contribution in [0.4, 0.5) is 0 Å². The second-order valence-electron chi connectivity index (χ2n) is 16.7. The van der Waals surface area contributed by atoms with Crippen LogP contribution in [0.5, 0.6) is 11.5 Å². The van der Waals surface area contributed by atoms with Crippen molar-refractivity contribution in [3.05, 3.63) is 117 Å². The normalized spacial score (nSPS) is 13.2. The number of nitrogens with one attached hydrogen (secondary N) is 4. The summed E-state index contributed by atoms with van der Waals surface area (Å²) in [4.78, 5) is 81.5. The molecule has 0 aliphatic heterocycles. The average molecular weight is 927 g/mol. The number of esters is 2. The van der Waals surface area contributed by atoms with Gasteiger partial charge in [-0.2, -0.15) is 0 Å². The number of amides is 2. The van der Waals surface area contributed by atoms with Crippen LogP contribution < -0.4 is 30.7 Å². The number of para-hydroxylation sites is 2. The molecule has 2 aromatic carbocycles. The van der Waals surface area contributed by atoms with Crippen molar-refractivity contribution in [3.8, 4) is 11.5 Å². The fraction of sp³-hybridized carbons (Fsp3) is 0.522. The van der Waals surface area contributed by atoms with Gasteiger partial charge in [0, 0.05) is 62.3 Å². The molecule has 0 spiro atoms. The highest BCUT2D eigenvalue weighted by molar-refractivity contribution is 5.91. The van der Waals surface area contributed by atoms with Gasteiger partial charge in [-0.05, 0) is 90.5 Å². The van der Waals surface area contributed by atoms with Crippen LogP contribution in [0.15, 0.2) is 86.0 Å². The third-order valence-corrected chi connectivity index (χ3v) is 9.60. The Bertz CT molecular complexity index is 1800. The first-order valence-electron chi connectivity index (χ1n) is 21.6. The van der Waals surface area contributed by atoms with Crippen LogP contribution in [-0.2, 0) is 51.2 Å². The van der Waals surface area contributed by atoms with E-state index in [9.17, 15) is 39.4 Å². The zero-order chi connectivity index (χ0) is 49.1. The SMILES string of the molecule is C=CCc1ccccc1OCC(CNC(C)(C)CNC(=O)CCC(C)O[N+](=O)[O-])OC(=O)/C=C/C(=O)OC(CNC(C)(C)CNC(=O)CCC(C)O[N+](=O)[O-])COc1ccccc1CC=C. The number of allylic oxidation sites excluding steroid dienone is 2. The van der Waals surface area contributed by atoms with Gasteiger partial charge in [-0.1, -0.05) is 48.6 Å². The Labute approximate surface area is 386 Å². The molecule has 2 aromatic rings. The molecule has 20 heteroatoms. The molecule has 4 N–H and O–H groups in total. The van der Waals surface area contributed by atoms with E-state index in [2.05, 4.69) is 44.1 Å². The van der Waals surface area contributed by atoms with Gasteiger partial charge in [-0.15, -0.1) is 33.4 Å². The first-order chi connectivity index (χ1) is 31.2. The molecule has 0 aliphatic carbocycles. The zero-order valence-electron chi connectivity index (χ0n) is 38.7. The number of rotatable bonds is 34. The van der Waals surface area contributed by atoms with Crippen molar-refractivity contribution in [1.82, 2.24) is 21.3 Å². The summed E-state index contributed by atoms with van der Waals surface area (Å²) in [7, 11) is 0. The van der Waals surface area contributed by atoms with Crippen molar-refractivity contribution < 1.29 is 58.0 Å². The third-order valence-electron chi connectivity index (χ3n) is 9.60. The molecule has 66 heavy (non-hydrogen) atoms. The van der Waals surface area contributed by atoms with E-state index in [-0.39, 0.29) is 76.9 Å². The Balaban J connectivity index is 2.15. The summed E-state index contributed by atoms with van der Waals surface area (Å²) >= 11 is 0. The minimum absolute atomic E-state index is 0.0119. The van der Waals surface area contributed by atoms with E-state index in [1.807, 2.05) is 64.1 Å². The van der Waals surface area contributed by atoms with E-state index >= 15 is 0 Å². The first kappa shape index (κ1) is 55.6. The molecular weight excluding hydrogens is 861 g/mol. The Kier molecular flexibility index (Phi) is 24.5. The van der Waals surface area contributed by atoms with E-state index < -0.39 is 57.6 Å². The number of benzene rings is 2. The molecule has 0 saturated heterocycles. The van der Waals surface area contributed by atoms with Crippen LogP contribution in [0.2, 0.25) is 0 Å². The second-order valence-corrected chi connectivity index (χ2v) is 16.7. The van der Waals surface area contributed by atoms with Crippen LogP contribution in [0, 0.1) is 20.2 Å². The van der Waals surface area contributed by atoms with Gasteiger partial charge in [0.2, 0.25) is 11.8 Å². The highest BCUT2D eigenvalue weighted by atomic mass is 17.0. The monoisotopic (exact) mass is 926 g/mol. The molecule has 0 saturated carbocycles. The minimum atomic E-state index is -0.898. The molecule has 20 nitrogen and oxygen atoms in total. The quantitative estimate of drug-likeness (QED) is 0.0244. The molecule has 0 bridgehead atoms. The summed E-state index contributed by atoms with van der Waals surface area (Å²) in [6.45, 7) is 18.2. The standard InChI is InChI=1S/C46H66N6O14/c1-9-15-35-17-11-13-19-39(35)61-29-37(27-49-45(5,6)31-47-41(53)23-21-33(3)65-51(57)58)63-43(55)25-26-44(56)64-38(30-62-40-20-14-12-18-36(40)16-10-2)28-50-46(7,8)32-48-42(54)24-22-34(4)66-52(59)60/h9-14,17-20,25-26,33-34,37-38,49-50H,1-2,15-16,21-24,27-32H2,3-8H3,(H,47,53)(H,48,54)/b26-25+. The predicted octanol–water partition coefficient (Wildman–Crippen LogP) is 4.70. The van der Waals surface area contributed by atoms with Crippen molar-refractivity contribution in [2.75, 3.05) is 39.4 Å². The maximum Gasteiger partial charge on any atom is 0.331 e. The van der Waals surface area contributed by atoms with Gasteiger partial charge in [0.05, 0.1) is 0 Å². The van der Waals surface area contributed by atoms with E-state index in [4.69, 9.17) is 18.9 Å². The van der Waals surface area contributed by atoms with E-state index in [1.165, 1.54) is 13.8 Å². The summed E-state index contributed by atoms with van der Waals surface area (Å²) in [5.74, 6) is -1.25. The summed E-state index contributed by atoms with van der Waals surface area (Å²) in [6, 6.07) is 14.7. The molecule has 2 rings (SSSR count). The number of hydrogen-bond acceptors (Lipinski definition) is 16. The van der Waals surface area contributed by atoms with Crippen molar-refractivity contribution in [1.29, 1.82) is 0 Å². The van der Waals surface area contributed by atoms with E-state index in [0.717, 1.165) is 23.3 Å². The Morgan fingerprint density at radius 3 is 1.36 bits per heavy atom. The van der Waals surface area contributed by atoms with Gasteiger partial charge in [0.25, 0.3) is 10.2 Å². The highest BCUT2D eigenvalue weighted by Gasteiger charge is 2.25. The van der Waals surface area contributed by atoms with Gasteiger partial charge in [-0.25, -0.2) is 9.59 Å². The molecule has 0 heterocycles. The number of carbonyl (C=O) groups excluding carboxylic acids is 4. The molecule has 4 atom stereocenters. The first-order valence-corrected chi connectivity index (χ1v) is 21.6. The minimum Gasteiger partial charge on any atom is -0.489 e. The molecule has 0 aromatic heterocycles. The molecule has 0 fully saturated rings. The zero-order valence-corrected chi connectivity index (χ0v) is 38.7. The third kappa shape index (κ3) is 24.5. The second kappa shape index (κ2) is 29.1. The van der Waals surface area contributed by atoms with Crippen LogP contribution in [-0.4, -0.2) is 109 Å². The van der Waals surface area contributed by atoms with Crippen molar-refractivity contribution in [2.45, 2.75) is 116 Å². The number of ether oxygens (including phenoxy) is 4. The lowest BCUT2D eigenvalue weighted by Gasteiger charge is -2.29. The van der Waals surface area contributed by atoms with Crippen LogP contribution in [0.1, 0.15) is 78.4 Å². The van der Waals surface area contributed by atoms with E-state index in [1.54, 1.807) is 24.3 Å². The molecule has 4 unspecified atom stereocenters. The summed E-state index contributed by atoms with van der Waals surface area (Å²) < 4.78 is 23.7. The van der Waals surface area contributed by atoms with Gasteiger partial charge in [0.1, 0.15) is 49.1 Å². The molecular formula is C46H66N6O14. The summed E-state index contributed by atoms with van der Waals surface area (Å²) in [5, 5.41) is 31.5. The fourth-order valence-corrected chi connectivity index (χ4v) is 5.90. The molecule has 364 valence electrons. The number of carbonyl (C=O) groups is 4. The largest absolute Gasteiger partial charge is 0.489 e. The van der Waals surface area contributed by atoms with Crippen LogP contribution in [0.3, 0.4) is 0 Å². The lowest BCUT2D eigenvalue weighted by molar-refractivity contribution is -0.767. The van der Waals surface area contributed by atoms with Crippen LogP contribution in [0.25, 0.3) is 0 Å². The van der Waals surface area contributed by atoms with Crippen molar-refractivity contribution in [3.63, 3.8) is 0 Å². The fourth-order valence-electron chi connectivity index (χ4n) is 5.90. The Morgan fingerprint density at radius 2 is 1.02 bits per heavy atom. The smallest absolute Gasteiger partial charge is 0.331 e. The van der Waals surface area contributed by atoms with E-state index in [0.29, 0.717) is 24.3 Å². The topological polar surface area (TPSA) is 258 Å². The van der Waals surface area contributed by atoms with Gasteiger partial charge >= 0.3 is 11.9 Å². The maximum absolute atomic E-state index is 13.2. The molecule has 0 radical (unpaired) electrons.